The topological polar surface area (TPSA) is 111 Å². The highest BCUT2D eigenvalue weighted by molar-refractivity contribution is 8.01. The second kappa shape index (κ2) is 8.80. The first-order chi connectivity index (χ1) is 13.4. The normalized spacial score (nSPS) is 13.0. The molecule has 0 saturated carbocycles. The molecular formula is C16H18N4O5S3. The maximum absolute atomic E-state index is 12.4. The molecule has 3 rings (SSSR count). The van der Waals surface area contributed by atoms with Gasteiger partial charge in [-0.3, -0.25) is 14.4 Å². The number of hydrogen-bond acceptors (Lipinski definition) is 9. The Hall–Kier alpha value is -2.31. The summed E-state index contributed by atoms with van der Waals surface area (Å²) in [5, 5.41) is 10.7. The number of nitrogens with zero attached hydrogens (tertiary/aromatic N) is 3. The van der Waals surface area contributed by atoms with Crippen molar-refractivity contribution < 1.29 is 22.7 Å². The lowest BCUT2D eigenvalue weighted by atomic mass is 10.2. The van der Waals surface area contributed by atoms with Crippen molar-refractivity contribution in [1.82, 2.24) is 10.2 Å². The Morgan fingerprint density at radius 3 is 2.82 bits per heavy atom. The molecule has 0 atom stereocenters. The number of aromatic nitrogens is 2. The van der Waals surface area contributed by atoms with Gasteiger partial charge in [0.1, 0.15) is 19.8 Å². The van der Waals surface area contributed by atoms with E-state index in [0.29, 0.717) is 45.6 Å². The number of anilines is 2. The third kappa shape index (κ3) is 5.14. The minimum absolute atomic E-state index is 0.298. The standard InChI is InChI=1S/C16H18N4O5S3/c1-3-8-26-16-19-18-15(27-16)17-14(21)10-20(28(2,22)23)11-4-5-12-13(9-11)25-7-6-24-12/h3-5,9H,1,6-8,10H2,2H3,(H,17,18,21). The van der Waals surface area contributed by atoms with Gasteiger partial charge < -0.3 is 9.47 Å². The van der Waals surface area contributed by atoms with Gasteiger partial charge in [0.05, 0.1) is 11.9 Å². The first kappa shape index (κ1) is 20.4. The molecule has 0 radical (unpaired) electrons. The number of carbonyl (C=O) groups is 1. The van der Waals surface area contributed by atoms with E-state index in [1.165, 1.54) is 29.2 Å². The smallest absolute Gasteiger partial charge is 0.246 e. The Labute approximate surface area is 170 Å². The van der Waals surface area contributed by atoms with E-state index in [1.54, 1.807) is 18.2 Å². The summed E-state index contributed by atoms with van der Waals surface area (Å²) in [6.45, 7) is 4.02. The number of carbonyl (C=O) groups excluding carboxylic acids is 1. The Kier molecular flexibility index (Phi) is 6.42. The summed E-state index contributed by atoms with van der Waals surface area (Å²) in [6, 6.07) is 4.72. The fourth-order valence-corrected chi connectivity index (χ4v) is 4.70. The SMILES string of the molecule is C=CCSc1nnc(NC(=O)CN(c2ccc3c(c2)OCCO3)S(C)(=O)=O)s1. The molecule has 0 saturated heterocycles. The predicted octanol–water partition coefficient (Wildman–Crippen LogP) is 1.99. The first-order valence-corrected chi connectivity index (χ1v) is 11.8. The third-order valence-corrected chi connectivity index (χ3v) is 6.59. The van der Waals surface area contributed by atoms with Gasteiger partial charge in [-0.05, 0) is 12.1 Å². The highest BCUT2D eigenvalue weighted by Crippen LogP contribution is 2.34. The van der Waals surface area contributed by atoms with Crippen molar-refractivity contribution in [2.45, 2.75) is 4.34 Å². The molecule has 9 nitrogen and oxygen atoms in total. The van der Waals surface area contributed by atoms with Gasteiger partial charge in [0.2, 0.25) is 21.1 Å². The Morgan fingerprint density at radius 1 is 1.36 bits per heavy atom. The maximum atomic E-state index is 12.4. The van der Waals surface area contributed by atoms with Crippen LogP contribution in [0, 0.1) is 0 Å². The number of fused-ring (bicyclic) bond motifs is 1. The van der Waals surface area contributed by atoms with Crippen LogP contribution in [0.15, 0.2) is 35.2 Å². The van der Waals surface area contributed by atoms with Crippen LogP contribution in [0.25, 0.3) is 0 Å². The zero-order valence-electron chi connectivity index (χ0n) is 15.0. The van der Waals surface area contributed by atoms with Gasteiger partial charge in [-0.1, -0.05) is 29.2 Å². The lowest BCUT2D eigenvalue weighted by Gasteiger charge is -2.24. The molecule has 1 aliphatic heterocycles. The van der Waals surface area contributed by atoms with Crippen LogP contribution in [-0.4, -0.2) is 56.3 Å². The molecule has 0 spiro atoms. The van der Waals surface area contributed by atoms with Gasteiger partial charge in [-0.25, -0.2) is 8.42 Å². The van der Waals surface area contributed by atoms with Gasteiger partial charge in [0.15, 0.2) is 15.8 Å². The molecule has 1 aromatic carbocycles. The minimum atomic E-state index is -3.71. The van der Waals surface area contributed by atoms with Crippen LogP contribution in [0.3, 0.4) is 0 Å². The van der Waals surface area contributed by atoms with Crippen LogP contribution in [0.1, 0.15) is 0 Å². The van der Waals surface area contributed by atoms with E-state index in [4.69, 9.17) is 9.47 Å². The van der Waals surface area contributed by atoms with Gasteiger partial charge in [0, 0.05) is 11.8 Å². The number of hydrogen-bond donors (Lipinski definition) is 1. The summed E-state index contributed by atoms with van der Waals surface area (Å²) >= 11 is 2.65. The van der Waals surface area contributed by atoms with Crippen LogP contribution < -0.4 is 19.1 Å². The average molecular weight is 443 g/mol. The van der Waals surface area contributed by atoms with Crippen molar-refractivity contribution in [3.8, 4) is 11.5 Å². The van der Waals surface area contributed by atoms with E-state index in [1.807, 2.05) is 0 Å². The number of benzene rings is 1. The van der Waals surface area contributed by atoms with E-state index in [2.05, 4.69) is 22.1 Å². The van der Waals surface area contributed by atoms with Crippen molar-refractivity contribution in [2.24, 2.45) is 0 Å². The van der Waals surface area contributed by atoms with E-state index >= 15 is 0 Å². The predicted molar refractivity (Wildman–Crippen MR) is 109 cm³/mol. The second-order valence-electron chi connectivity index (χ2n) is 5.62. The van der Waals surface area contributed by atoms with Gasteiger partial charge in [0.25, 0.3) is 0 Å². The Balaban J connectivity index is 1.73. The average Bonchev–Trinajstić information content (AvgIpc) is 3.10. The van der Waals surface area contributed by atoms with Crippen molar-refractivity contribution in [3.05, 3.63) is 30.9 Å². The van der Waals surface area contributed by atoms with Gasteiger partial charge in [-0.2, -0.15) is 0 Å². The summed E-state index contributed by atoms with van der Waals surface area (Å²) in [7, 11) is -3.71. The molecule has 0 unspecified atom stereocenters. The molecule has 150 valence electrons. The van der Waals surface area contributed by atoms with Crippen LogP contribution in [0.4, 0.5) is 10.8 Å². The molecule has 1 N–H and O–H groups in total. The van der Waals surface area contributed by atoms with Crippen molar-refractivity contribution >= 4 is 49.8 Å². The highest BCUT2D eigenvalue weighted by Gasteiger charge is 2.24. The quantitative estimate of drug-likeness (QED) is 0.375. The van der Waals surface area contributed by atoms with Crippen LogP contribution in [0.5, 0.6) is 11.5 Å². The maximum Gasteiger partial charge on any atom is 0.246 e. The summed E-state index contributed by atoms with van der Waals surface area (Å²) in [4.78, 5) is 12.4. The molecule has 1 aromatic heterocycles. The van der Waals surface area contributed by atoms with Gasteiger partial charge in [-0.15, -0.1) is 16.8 Å². The van der Waals surface area contributed by atoms with Crippen molar-refractivity contribution in [2.75, 3.05) is 41.4 Å². The molecule has 12 heteroatoms. The molecule has 2 heterocycles. The number of thioether (sulfide) groups is 1. The molecule has 1 aliphatic rings. The number of rotatable bonds is 8. The summed E-state index contributed by atoms with van der Waals surface area (Å²) in [5.41, 5.74) is 0.307. The molecule has 0 fully saturated rings. The van der Waals surface area contributed by atoms with Crippen LogP contribution >= 0.6 is 23.1 Å². The van der Waals surface area contributed by atoms with E-state index in [-0.39, 0.29) is 0 Å². The van der Waals surface area contributed by atoms with Gasteiger partial charge >= 0.3 is 0 Å². The number of sulfonamides is 1. The molecule has 0 aliphatic carbocycles. The Morgan fingerprint density at radius 2 is 2.11 bits per heavy atom. The fourth-order valence-electron chi connectivity index (χ4n) is 2.33. The van der Waals surface area contributed by atoms with Crippen LogP contribution in [0.2, 0.25) is 0 Å². The second-order valence-corrected chi connectivity index (χ2v) is 9.77. The lowest BCUT2D eigenvalue weighted by Crippen LogP contribution is -2.37. The number of amides is 1. The monoisotopic (exact) mass is 442 g/mol. The molecule has 28 heavy (non-hydrogen) atoms. The van der Waals surface area contributed by atoms with Crippen molar-refractivity contribution in [3.63, 3.8) is 0 Å². The fraction of sp³-hybridized carbons (Fsp3) is 0.312. The zero-order chi connectivity index (χ0) is 20.1. The third-order valence-electron chi connectivity index (χ3n) is 3.48. The van der Waals surface area contributed by atoms with E-state index in [0.717, 1.165) is 10.6 Å². The Bertz CT molecular complexity index is 976. The summed E-state index contributed by atoms with van der Waals surface area (Å²) in [6.07, 6.45) is 2.77. The summed E-state index contributed by atoms with van der Waals surface area (Å²) < 4.78 is 37.1. The van der Waals surface area contributed by atoms with E-state index in [9.17, 15) is 13.2 Å². The number of ether oxygens (including phenoxy) is 2. The molecule has 2 aromatic rings. The minimum Gasteiger partial charge on any atom is -0.486 e. The number of nitrogens with one attached hydrogen (secondary N) is 1. The van der Waals surface area contributed by atoms with Crippen LogP contribution in [-0.2, 0) is 14.8 Å². The zero-order valence-corrected chi connectivity index (χ0v) is 17.4. The molecule has 1 amide bonds. The highest BCUT2D eigenvalue weighted by atomic mass is 32.2. The first-order valence-electron chi connectivity index (χ1n) is 8.11. The van der Waals surface area contributed by atoms with Crippen molar-refractivity contribution in [1.29, 1.82) is 0 Å². The molecule has 0 bridgehead atoms. The largest absolute Gasteiger partial charge is 0.486 e. The summed E-state index contributed by atoms with van der Waals surface area (Å²) in [5.74, 6) is 1.11. The molecular weight excluding hydrogens is 424 g/mol. The van der Waals surface area contributed by atoms with E-state index < -0.39 is 22.5 Å². The lowest BCUT2D eigenvalue weighted by molar-refractivity contribution is -0.114.